The Morgan fingerprint density at radius 2 is 1.78 bits per heavy atom. The van der Waals surface area contributed by atoms with Crippen molar-refractivity contribution in [2.24, 2.45) is 5.73 Å². The summed E-state index contributed by atoms with van der Waals surface area (Å²) in [6.07, 6.45) is 3.19. The fourth-order valence-corrected chi connectivity index (χ4v) is 1.41. The molecule has 0 fully saturated rings. The van der Waals surface area contributed by atoms with Crippen molar-refractivity contribution in [2.75, 3.05) is 37.4 Å². The van der Waals surface area contributed by atoms with Gasteiger partial charge in [-0.15, -0.1) is 0 Å². The predicted octanol–water partition coefficient (Wildman–Crippen LogP) is 0.853. The van der Waals surface area contributed by atoms with E-state index in [-0.39, 0.29) is 0 Å². The van der Waals surface area contributed by atoms with Gasteiger partial charge in [0.2, 0.25) is 11.9 Å². The van der Waals surface area contributed by atoms with Crippen LogP contribution in [0.15, 0.2) is 0 Å². The molecule has 1 aromatic rings. The van der Waals surface area contributed by atoms with Gasteiger partial charge in [-0.25, -0.2) is 0 Å². The molecule has 1 rings (SSSR count). The van der Waals surface area contributed by atoms with Gasteiger partial charge >= 0.3 is 6.01 Å². The average Bonchev–Trinajstić information content (AvgIpc) is 2.38. The monoisotopic (exact) mass is 254 g/mol. The van der Waals surface area contributed by atoms with Gasteiger partial charge in [0, 0.05) is 13.1 Å². The largest absolute Gasteiger partial charge is 0.467 e. The van der Waals surface area contributed by atoms with Crippen LogP contribution in [0.5, 0.6) is 6.01 Å². The lowest BCUT2D eigenvalue weighted by atomic mass is 10.2. The zero-order valence-corrected chi connectivity index (χ0v) is 11.1. The van der Waals surface area contributed by atoms with E-state index in [0.717, 1.165) is 38.9 Å². The SMILES string of the molecule is CCNc1nc(NCCCCCN)nc(OC)n1. The minimum absolute atomic E-state index is 0.311. The maximum absolute atomic E-state index is 5.43. The Labute approximate surface area is 108 Å². The van der Waals surface area contributed by atoms with Crippen LogP contribution in [0.3, 0.4) is 0 Å². The Balaban J connectivity index is 2.50. The first-order chi connectivity index (χ1) is 8.80. The molecule has 0 amide bonds. The number of unbranched alkanes of at least 4 members (excludes halogenated alkanes) is 2. The summed E-state index contributed by atoms with van der Waals surface area (Å²) in [5, 5.41) is 6.19. The first kappa shape index (κ1) is 14.4. The van der Waals surface area contributed by atoms with Crippen molar-refractivity contribution in [3.05, 3.63) is 0 Å². The second-order valence-electron chi connectivity index (χ2n) is 3.78. The Kier molecular flexibility index (Phi) is 6.78. The maximum Gasteiger partial charge on any atom is 0.322 e. The summed E-state index contributed by atoms with van der Waals surface area (Å²) in [4.78, 5) is 12.5. The summed E-state index contributed by atoms with van der Waals surface area (Å²) in [5.74, 6) is 1.05. The number of anilines is 2. The number of nitrogens with two attached hydrogens (primary N) is 1. The first-order valence-corrected chi connectivity index (χ1v) is 6.28. The van der Waals surface area contributed by atoms with Crippen molar-refractivity contribution in [3.63, 3.8) is 0 Å². The van der Waals surface area contributed by atoms with Gasteiger partial charge in [-0.3, -0.25) is 0 Å². The molecule has 0 aliphatic heterocycles. The molecule has 1 heterocycles. The average molecular weight is 254 g/mol. The summed E-state index contributed by atoms with van der Waals surface area (Å²) in [5.41, 5.74) is 5.43. The first-order valence-electron chi connectivity index (χ1n) is 6.28. The van der Waals surface area contributed by atoms with Crippen LogP contribution in [-0.2, 0) is 0 Å². The highest BCUT2D eigenvalue weighted by molar-refractivity contribution is 5.35. The molecule has 0 unspecified atom stereocenters. The molecule has 0 atom stereocenters. The third-order valence-electron chi connectivity index (χ3n) is 2.30. The molecule has 4 N–H and O–H groups in total. The molecule has 18 heavy (non-hydrogen) atoms. The maximum atomic E-state index is 5.43. The number of hydrogen-bond acceptors (Lipinski definition) is 7. The van der Waals surface area contributed by atoms with E-state index >= 15 is 0 Å². The minimum atomic E-state index is 0.311. The molecule has 0 aromatic carbocycles. The van der Waals surface area contributed by atoms with E-state index in [1.54, 1.807) is 0 Å². The van der Waals surface area contributed by atoms with Crippen molar-refractivity contribution in [2.45, 2.75) is 26.2 Å². The van der Waals surface area contributed by atoms with Crippen LogP contribution < -0.4 is 21.1 Å². The molecular weight excluding hydrogens is 232 g/mol. The van der Waals surface area contributed by atoms with Crippen LogP contribution in [0, 0.1) is 0 Å². The van der Waals surface area contributed by atoms with Gasteiger partial charge in [0.05, 0.1) is 7.11 Å². The lowest BCUT2D eigenvalue weighted by Crippen LogP contribution is -2.11. The molecule has 0 saturated heterocycles. The third-order valence-corrected chi connectivity index (χ3v) is 2.30. The molecule has 0 saturated carbocycles. The standard InChI is InChI=1S/C11H22N6O/c1-3-13-9-15-10(17-11(16-9)18-2)14-8-6-4-5-7-12/h3-8,12H2,1-2H3,(H2,13,14,15,16,17). The lowest BCUT2D eigenvalue weighted by molar-refractivity contribution is 0.379. The molecule has 0 radical (unpaired) electrons. The van der Waals surface area contributed by atoms with Gasteiger partial charge in [0.1, 0.15) is 0 Å². The highest BCUT2D eigenvalue weighted by Crippen LogP contribution is 2.10. The predicted molar refractivity (Wildman–Crippen MR) is 71.9 cm³/mol. The topological polar surface area (TPSA) is 98.0 Å². The minimum Gasteiger partial charge on any atom is -0.467 e. The quantitative estimate of drug-likeness (QED) is 0.562. The number of nitrogens with zero attached hydrogens (tertiary/aromatic N) is 3. The molecule has 0 spiro atoms. The Hall–Kier alpha value is -1.63. The summed E-state index contributed by atoms with van der Waals surface area (Å²) in [6.45, 7) is 4.29. The number of hydrogen-bond donors (Lipinski definition) is 3. The van der Waals surface area contributed by atoms with E-state index < -0.39 is 0 Å². The fraction of sp³-hybridized carbons (Fsp3) is 0.727. The van der Waals surface area contributed by atoms with Gasteiger partial charge < -0.3 is 21.1 Å². The van der Waals surface area contributed by atoms with E-state index in [1.165, 1.54) is 7.11 Å². The fourth-order valence-electron chi connectivity index (χ4n) is 1.41. The number of methoxy groups -OCH3 is 1. The second-order valence-corrected chi connectivity index (χ2v) is 3.78. The van der Waals surface area contributed by atoms with Crippen LogP contribution in [0.25, 0.3) is 0 Å². The molecule has 1 aromatic heterocycles. The van der Waals surface area contributed by atoms with Crippen LogP contribution >= 0.6 is 0 Å². The highest BCUT2D eigenvalue weighted by atomic mass is 16.5. The lowest BCUT2D eigenvalue weighted by Gasteiger charge is -2.08. The Morgan fingerprint density at radius 1 is 1.06 bits per heavy atom. The Morgan fingerprint density at radius 3 is 2.39 bits per heavy atom. The van der Waals surface area contributed by atoms with Crippen molar-refractivity contribution in [1.29, 1.82) is 0 Å². The van der Waals surface area contributed by atoms with Crippen LogP contribution in [0.2, 0.25) is 0 Å². The summed E-state index contributed by atoms with van der Waals surface area (Å²) < 4.78 is 5.03. The van der Waals surface area contributed by atoms with Crippen LogP contribution in [0.4, 0.5) is 11.9 Å². The number of nitrogens with one attached hydrogen (secondary N) is 2. The summed E-state index contributed by atoms with van der Waals surface area (Å²) in [6, 6.07) is 0.311. The van der Waals surface area contributed by atoms with E-state index in [9.17, 15) is 0 Å². The molecule has 0 aliphatic rings. The third kappa shape index (κ3) is 5.13. The van der Waals surface area contributed by atoms with Crippen molar-refractivity contribution in [1.82, 2.24) is 15.0 Å². The van der Waals surface area contributed by atoms with E-state index in [1.807, 2.05) is 6.92 Å². The van der Waals surface area contributed by atoms with Crippen molar-refractivity contribution in [3.8, 4) is 6.01 Å². The normalized spacial score (nSPS) is 10.2. The number of aromatic nitrogens is 3. The van der Waals surface area contributed by atoms with E-state index in [2.05, 4.69) is 25.6 Å². The zero-order chi connectivity index (χ0) is 13.2. The van der Waals surface area contributed by atoms with E-state index in [4.69, 9.17) is 10.5 Å². The second kappa shape index (κ2) is 8.46. The Bertz CT molecular complexity index is 346. The van der Waals surface area contributed by atoms with Crippen molar-refractivity contribution >= 4 is 11.9 Å². The highest BCUT2D eigenvalue weighted by Gasteiger charge is 2.05. The van der Waals surface area contributed by atoms with Crippen LogP contribution in [-0.4, -0.2) is 41.7 Å². The molecule has 7 nitrogen and oxygen atoms in total. The number of ether oxygens (including phenoxy) is 1. The summed E-state index contributed by atoms with van der Waals surface area (Å²) in [7, 11) is 1.54. The van der Waals surface area contributed by atoms with Gasteiger partial charge in [0.25, 0.3) is 0 Å². The van der Waals surface area contributed by atoms with Crippen LogP contribution in [0.1, 0.15) is 26.2 Å². The molecule has 0 aliphatic carbocycles. The molecular formula is C11H22N6O. The van der Waals surface area contributed by atoms with Crippen molar-refractivity contribution < 1.29 is 4.74 Å². The van der Waals surface area contributed by atoms with E-state index in [0.29, 0.717) is 17.9 Å². The molecule has 7 heteroatoms. The van der Waals surface area contributed by atoms with Gasteiger partial charge in [-0.2, -0.15) is 15.0 Å². The van der Waals surface area contributed by atoms with Gasteiger partial charge in [-0.05, 0) is 26.3 Å². The smallest absolute Gasteiger partial charge is 0.322 e. The molecule has 0 bridgehead atoms. The summed E-state index contributed by atoms with van der Waals surface area (Å²) >= 11 is 0. The zero-order valence-electron chi connectivity index (χ0n) is 11.1. The molecule has 102 valence electrons. The number of rotatable bonds is 9. The van der Waals surface area contributed by atoms with Gasteiger partial charge in [0.15, 0.2) is 0 Å². The van der Waals surface area contributed by atoms with Gasteiger partial charge in [-0.1, -0.05) is 6.42 Å².